The number of unbranched alkanes of at least 4 members (excludes halogenated alkanes) is 1. The van der Waals surface area contributed by atoms with Crippen LogP contribution in [0.15, 0.2) is 53.3 Å². The quantitative estimate of drug-likeness (QED) is 0.342. The number of amides is 1. The summed E-state index contributed by atoms with van der Waals surface area (Å²) in [5, 5.41) is 11.4. The van der Waals surface area contributed by atoms with Crippen LogP contribution >= 0.6 is 0 Å². The lowest BCUT2D eigenvalue weighted by atomic mass is 9.97. The van der Waals surface area contributed by atoms with Crippen molar-refractivity contribution in [1.29, 1.82) is 5.41 Å². The summed E-state index contributed by atoms with van der Waals surface area (Å²) in [6, 6.07) is 14.9. The van der Waals surface area contributed by atoms with Gasteiger partial charge in [-0.05, 0) is 31.0 Å². The molecule has 0 spiro atoms. The summed E-state index contributed by atoms with van der Waals surface area (Å²) < 4.78 is 1.90. The second-order valence-electron chi connectivity index (χ2n) is 9.36. The predicted molar refractivity (Wildman–Crippen MR) is 140 cm³/mol. The third-order valence-corrected chi connectivity index (χ3v) is 7.08. The van der Waals surface area contributed by atoms with E-state index in [1.165, 1.54) is 0 Å². The average molecular weight is 475 g/mol. The minimum absolute atomic E-state index is 0.0433. The van der Waals surface area contributed by atoms with Crippen LogP contribution < -0.4 is 16.6 Å². The summed E-state index contributed by atoms with van der Waals surface area (Å²) >= 11 is 0. The van der Waals surface area contributed by atoms with E-state index in [4.69, 9.17) is 16.1 Å². The van der Waals surface area contributed by atoms with Crippen molar-refractivity contribution in [2.45, 2.75) is 57.7 Å². The molecule has 0 bridgehead atoms. The Kier molecular flexibility index (Phi) is 7.31. The van der Waals surface area contributed by atoms with Gasteiger partial charge in [0, 0.05) is 43.7 Å². The molecule has 0 aliphatic carbocycles. The minimum atomic E-state index is -0.157. The fourth-order valence-corrected chi connectivity index (χ4v) is 5.02. The molecule has 1 aliphatic rings. The largest absolute Gasteiger partial charge is 0.384 e. The van der Waals surface area contributed by atoms with Crippen LogP contribution in [0.1, 0.15) is 51.1 Å². The molecule has 8 heteroatoms. The fraction of sp³-hybridized carbons (Fsp3) is 0.407. The lowest BCUT2D eigenvalue weighted by Gasteiger charge is -2.29. The monoisotopic (exact) mass is 474 g/mol. The van der Waals surface area contributed by atoms with Gasteiger partial charge >= 0.3 is 0 Å². The lowest BCUT2D eigenvalue weighted by Crippen LogP contribution is -2.38. The van der Waals surface area contributed by atoms with Crippen LogP contribution in [0.25, 0.3) is 22.3 Å². The SMILES string of the molecule is CCCCC(C1CC(N(C)C(C)=O)CN1)n1c(=O)c(-c2cccc(C(=N)N)c2)nc2ccccc21. The summed E-state index contributed by atoms with van der Waals surface area (Å²) in [4.78, 5) is 32.6. The van der Waals surface area contributed by atoms with Crippen molar-refractivity contribution in [3.05, 3.63) is 64.4 Å². The van der Waals surface area contributed by atoms with Gasteiger partial charge in [-0.1, -0.05) is 50.1 Å². The summed E-state index contributed by atoms with van der Waals surface area (Å²) in [5.74, 6) is -0.00805. The molecular formula is C27H34N6O2. The average Bonchev–Trinajstić information content (AvgIpc) is 3.34. The van der Waals surface area contributed by atoms with E-state index in [9.17, 15) is 9.59 Å². The van der Waals surface area contributed by atoms with Crippen LogP contribution in [0, 0.1) is 5.41 Å². The van der Waals surface area contributed by atoms with Gasteiger partial charge in [0.25, 0.3) is 5.56 Å². The Morgan fingerprint density at radius 3 is 2.77 bits per heavy atom. The molecule has 2 aromatic carbocycles. The molecule has 4 rings (SSSR count). The first kappa shape index (κ1) is 24.6. The fourth-order valence-electron chi connectivity index (χ4n) is 5.02. The van der Waals surface area contributed by atoms with Crippen LogP contribution in [0.3, 0.4) is 0 Å². The molecule has 1 aromatic heterocycles. The second kappa shape index (κ2) is 10.4. The molecular weight excluding hydrogens is 440 g/mol. The molecule has 1 amide bonds. The van der Waals surface area contributed by atoms with E-state index in [2.05, 4.69) is 12.2 Å². The third kappa shape index (κ3) is 4.98. The first-order valence-corrected chi connectivity index (χ1v) is 12.2. The molecule has 35 heavy (non-hydrogen) atoms. The van der Waals surface area contributed by atoms with Gasteiger partial charge in [0.1, 0.15) is 11.5 Å². The molecule has 8 nitrogen and oxygen atoms in total. The number of benzene rings is 2. The zero-order valence-corrected chi connectivity index (χ0v) is 20.6. The smallest absolute Gasteiger partial charge is 0.277 e. The van der Waals surface area contributed by atoms with Crippen molar-refractivity contribution >= 4 is 22.8 Å². The van der Waals surface area contributed by atoms with E-state index in [1.807, 2.05) is 41.9 Å². The highest BCUT2D eigenvalue weighted by Crippen LogP contribution is 2.30. The summed E-state index contributed by atoms with van der Waals surface area (Å²) in [5.41, 5.74) is 8.64. The van der Waals surface area contributed by atoms with Crippen LogP contribution in [-0.4, -0.2) is 51.9 Å². The van der Waals surface area contributed by atoms with Gasteiger partial charge < -0.3 is 20.5 Å². The van der Waals surface area contributed by atoms with E-state index in [0.29, 0.717) is 23.4 Å². The summed E-state index contributed by atoms with van der Waals surface area (Å²) in [7, 11) is 1.84. The van der Waals surface area contributed by atoms with E-state index in [-0.39, 0.29) is 35.4 Å². The highest BCUT2D eigenvalue weighted by Gasteiger charge is 2.35. The molecule has 0 radical (unpaired) electrons. The van der Waals surface area contributed by atoms with Gasteiger partial charge in [-0.3, -0.25) is 15.0 Å². The van der Waals surface area contributed by atoms with Crippen molar-refractivity contribution in [2.24, 2.45) is 5.73 Å². The number of likely N-dealkylation sites (N-methyl/N-ethyl adjacent to an activating group) is 1. The number of nitrogens with two attached hydrogens (primary N) is 1. The normalized spacial score (nSPS) is 18.5. The second-order valence-corrected chi connectivity index (χ2v) is 9.36. The molecule has 0 saturated carbocycles. The van der Waals surface area contributed by atoms with E-state index >= 15 is 0 Å². The number of nitrogens with zero attached hydrogens (tertiary/aromatic N) is 3. The number of nitrogens with one attached hydrogen (secondary N) is 2. The molecule has 1 aliphatic heterocycles. The Morgan fingerprint density at radius 1 is 1.29 bits per heavy atom. The standard InChI is InChI=1S/C27H34N6O2/c1-4-5-12-24(22-15-20(16-30-22)32(3)17(2)34)33-23-13-7-6-11-21(23)31-25(27(33)35)18-9-8-10-19(14-18)26(28)29/h6-11,13-14,20,22,24,30H,4-5,12,15-16H2,1-3H3,(H3,28,29). The number of amidine groups is 1. The Hall–Kier alpha value is -3.52. The van der Waals surface area contributed by atoms with Gasteiger partial charge in [0.15, 0.2) is 0 Å². The van der Waals surface area contributed by atoms with Gasteiger partial charge in [0.2, 0.25) is 5.91 Å². The Bertz CT molecular complexity index is 1300. The van der Waals surface area contributed by atoms with Crippen molar-refractivity contribution < 1.29 is 4.79 Å². The van der Waals surface area contributed by atoms with Gasteiger partial charge in [-0.25, -0.2) is 4.98 Å². The molecule has 1 saturated heterocycles. The third-order valence-electron chi connectivity index (χ3n) is 7.08. The molecule has 3 unspecified atom stereocenters. The highest BCUT2D eigenvalue weighted by atomic mass is 16.2. The van der Waals surface area contributed by atoms with E-state index in [1.54, 1.807) is 30.0 Å². The zero-order valence-electron chi connectivity index (χ0n) is 20.6. The topological polar surface area (TPSA) is 117 Å². The first-order chi connectivity index (χ1) is 16.8. The van der Waals surface area contributed by atoms with Crippen LogP contribution in [-0.2, 0) is 4.79 Å². The summed E-state index contributed by atoms with van der Waals surface area (Å²) in [6.45, 7) is 4.44. The van der Waals surface area contributed by atoms with Crippen molar-refractivity contribution in [2.75, 3.05) is 13.6 Å². The molecule has 4 N–H and O–H groups in total. The number of hydrogen-bond donors (Lipinski definition) is 3. The number of carbonyl (C=O) groups is 1. The summed E-state index contributed by atoms with van der Waals surface area (Å²) in [6.07, 6.45) is 3.62. The Balaban J connectivity index is 1.86. The van der Waals surface area contributed by atoms with Crippen molar-refractivity contribution in [1.82, 2.24) is 19.8 Å². The van der Waals surface area contributed by atoms with Gasteiger partial charge in [-0.15, -0.1) is 0 Å². The van der Waals surface area contributed by atoms with Gasteiger partial charge in [-0.2, -0.15) is 0 Å². The number of hydrogen-bond acceptors (Lipinski definition) is 5. The molecule has 184 valence electrons. The van der Waals surface area contributed by atoms with Crippen LogP contribution in [0.2, 0.25) is 0 Å². The molecule has 1 fully saturated rings. The van der Waals surface area contributed by atoms with E-state index in [0.717, 1.165) is 36.7 Å². The minimum Gasteiger partial charge on any atom is -0.384 e. The number of nitrogen functional groups attached to an aromatic ring is 1. The lowest BCUT2D eigenvalue weighted by molar-refractivity contribution is -0.129. The predicted octanol–water partition coefficient (Wildman–Crippen LogP) is 3.29. The van der Waals surface area contributed by atoms with Gasteiger partial charge in [0.05, 0.1) is 17.1 Å². The molecule has 2 heterocycles. The zero-order chi connectivity index (χ0) is 25.1. The number of carbonyl (C=O) groups excluding carboxylic acids is 1. The maximum atomic E-state index is 14.1. The molecule has 3 atom stereocenters. The number of para-hydroxylation sites is 2. The van der Waals surface area contributed by atoms with E-state index < -0.39 is 0 Å². The van der Waals surface area contributed by atoms with Crippen LogP contribution in [0.4, 0.5) is 0 Å². The number of fused-ring (bicyclic) bond motifs is 1. The Morgan fingerprint density at radius 2 is 2.06 bits per heavy atom. The van der Waals surface area contributed by atoms with Crippen LogP contribution in [0.5, 0.6) is 0 Å². The Labute approximate surface area is 205 Å². The maximum absolute atomic E-state index is 14.1. The van der Waals surface area contributed by atoms with Crippen molar-refractivity contribution in [3.63, 3.8) is 0 Å². The number of rotatable bonds is 8. The highest BCUT2D eigenvalue weighted by molar-refractivity contribution is 5.96. The maximum Gasteiger partial charge on any atom is 0.277 e. The first-order valence-electron chi connectivity index (χ1n) is 12.2. The molecule has 3 aromatic rings. The van der Waals surface area contributed by atoms with Crippen molar-refractivity contribution in [3.8, 4) is 11.3 Å². The number of aromatic nitrogens is 2.